The molecule has 0 aliphatic heterocycles. The maximum atomic E-state index is 9.57. The normalized spacial score (nSPS) is 11.7. The maximum absolute atomic E-state index is 9.57. The molecule has 3 aromatic heterocycles. The average Bonchev–Trinajstić information content (AvgIpc) is 3.31. The van der Waals surface area contributed by atoms with Crippen LogP contribution in [-0.4, -0.2) is 56.7 Å². The van der Waals surface area contributed by atoms with Gasteiger partial charge in [0.15, 0.2) is 17.3 Å². The number of nitrogens with two attached hydrogens (primary N) is 2. The number of nitrogen functional groups attached to an aromatic ring is 1. The Kier molecular flexibility index (Phi) is 8.00. The summed E-state index contributed by atoms with van der Waals surface area (Å²) in [5.74, 6) is 0.653. The molecule has 4 N–H and O–H groups in total. The van der Waals surface area contributed by atoms with E-state index in [1.165, 1.54) is 0 Å². The number of carbonyl (C=O) groups excluding carboxylic acids is 1. The molecule has 0 aliphatic carbocycles. The van der Waals surface area contributed by atoms with Gasteiger partial charge in [0.2, 0.25) is 0 Å². The summed E-state index contributed by atoms with van der Waals surface area (Å²) in [5.41, 5.74) is 15.0. The molecular formula is C20H26N8O2. The highest BCUT2D eigenvalue weighted by atomic mass is 16.6. The first-order valence-electron chi connectivity index (χ1n) is 9.14. The van der Waals surface area contributed by atoms with E-state index in [1.807, 2.05) is 54.8 Å². The summed E-state index contributed by atoms with van der Waals surface area (Å²) in [6, 6.07) is 1.84. The lowest BCUT2D eigenvalue weighted by atomic mass is 10.2. The van der Waals surface area contributed by atoms with Crippen LogP contribution < -0.4 is 11.5 Å². The molecule has 10 nitrogen and oxygen atoms in total. The van der Waals surface area contributed by atoms with E-state index in [9.17, 15) is 4.79 Å². The minimum atomic E-state index is 0.162. The Morgan fingerprint density at radius 3 is 2.70 bits per heavy atom. The van der Waals surface area contributed by atoms with Crippen molar-refractivity contribution in [3.63, 3.8) is 0 Å². The van der Waals surface area contributed by atoms with Crippen molar-refractivity contribution < 1.29 is 9.42 Å². The van der Waals surface area contributed by atoms with Crippen molar-refractivity contribution >= 4 is 28.8 Å². The Bertz CT molecular complexity index is 1060. The number of imidazole rings is 1. The van der Waals surface area contributed by atoms with E-state index in [0.29, 0.717) is 35.7 Å². The first kappa shape index (κ1) is 22.5. The van der Waals surface area contributed by atoms with Crippen LogP contribution in [0.3, 0.4) is 0 Å². The molecule has 0 amide bonds. The fourth-order valence-corrected chi connectivity index (χ4v) is 2.40. The zero-order valence-electron chi connectivity index (χ0n) is 17.3. The zero-order valence-corrected chi connectivity index (χ0v) is 17.3. The van der Waals surface area contributed by atoms with E-state index in [0.717, 1.165) is 17.5 Å². The summed E-state index contributed by atoms with van der Waals surface area (Å²) in [4.78, 5) is 20.0. The summed E-state index contributed by atoms with van der Waals surface area (Å²) >= 11 is 0. The molecule has 0 radical (unpaired) electrons. The van der Waals surface area contributed by atoms with Crippen LogP contribution in [0.1, 0.15) is 13.3 Å². The number of hydrogen-bond acceptors (Lipinski definition) is 9. The predicted octanol–water partition coefficient (Wildman–Crippen LogP) is 2.09. The number of carbonyl (C=O) groups is 1. The summed E-state index contributed by atoms with van der Waals surface area (Å²) in [6.07, 6.45) is 10.5. The second kappa shape index (κ2) is 10.7. The van der Waals surface area contributed by atoms with E-state index in [4.69, 9.17) is 16.1 Å². The van der Waals surface area contributed by atoms with Gasteiger partial charge in [0, 0.05) is 24.0 Å². The second-order valence-electron chi connectivity index (χ2n) is 6.52. The highest BCUT2D eigenvalue weighted by Crippen LogP contribution is 2.29. The summed E-state index contributed by atoms with van der Waals surface area (Å²) < 4.78 is 6.52. The Morgan fingerprint density at radius 1 is 1.37 bits per heavy atom. The van der Waals surface area contributed by atoms with Gasteiger partial charge in [0.1, 0.15) is 11.8 Å². The lowest BCUT2D eigenvalue weighted by Gasteiger charge is -2.07. The SMILES string of the molecule is C=C(/C=C\C/C(N)=C\C)n1c(-c2nonc2N)nc2cnccc21.CN(C)CC=O. The van der Waals surface area contributed by atoms with Gasteiger partial charge in [0.05, 0.1) is 18.3 Å². The first-order valence-corrected chi connectivity index (χ1v) is 9.14. The van der Waals surface area contributed by atoms with Gasteiger partial charge in [0.25, 0.3) is 0 Å². The van der Waals surface area contributed by atoms with Crippen molar-refractivity contribution in [1.29, 1.82) is 0 Å². The van der Waals surface area contributed by atoms with Gasteiger partial charge in [-0.15, -0.1) is 0 Å². The third kappa shape index (κ3) is 5.61. The molecule has 0 unspecified atom stereocenters. The van der Waals surface area contributed by atoms with Gasteiger partial charge in [-0.2, -0.15) is 0 Å². The fraction of sp³-hybridized carbons (Fsp3) is 0.250. The third-order valence-electron chi connectivity index (χ3n) is 3.94. The van der Waals surface area contributed by atoms with Gasteiger partial charge in [-0.1, -0.05) is 18.7 Å². The summed E-state index contributed by atoms with van der Waals surface area (Å²) in [5, 5.41) is 7.45. The van der Waals surface area contributed by atoms with E-state index in [2.05, 4.69) is 26.9 Å². The Morgan fingerprint density at radius 2 is 2.13 bits per heavy atom. The molecule has 0 spiro atoms. The van der Waals surface area contributed by atoms with Crippen LogP contribution in [0.4, 0.5) is 5.82 Å². The minimum Gasteiger partial charge on any atom is -0.402 e. The largest absolute Gasteiger partial charge is 0.402 e. The number of nitrogens with zero attached hydrogens (tertiary/aromatic N) is 6. The number of hydrogen-bond donors (Lipinski definition) is 2. The highest BCUT2D eigenvalue weighted by molar-refractivity contribution is 5.86. The van der Waals surface area contributed by atoms with Crippen molar-refractivity contribution in [3.05, 3.63) is 49.0 Å². The monoisotopic (exact) mass is 410 g/mol. The molecule has 3 aromatic rings. The number of aldehydes is 1. The average molecular weight is 410 g/mol. The molecule has 0 bridgehead atoms. The topological polar surface area (TPSA) is 142 Å². The van der Waals surface area contributed by atoms with Gasteiger partial charge in [-0.05, 0) is 43.5 Å². The third-order valence-corrected chi connectivity index (χ3v) is 3.94. The van der Waals surface area contributed by atoms with Crippen LogP contribution in [-0.2, 0) is 4.79 Å². The maximum Gasteiger partial charge on any atom is 0.199 e. The number of rotatable bonds is 7. The van der Waals surface area contributed by atoms with Gasteiger partial charge in [-0.3, -0.25) is 9.55 Å². The Labute approximate surface area is 174 Å². The minimum absolute atomic E-state index is 0.162. The van der Waals surface area contributed by atoms with Crippen LogP contribution in [0, 0.1) is 0 Å². The molecule has 158 valence electrons. The standard InChI is InChI=1S/C16H17N7O.C4H9NO/c1-3-11(17)6-4-5-10(2)23-13-7-8-19-9-12(13)20-16(23)14-15(18)22-24-21-14;1-5(2)3-4-6/h3-5,7-9H,2,6,17H2,1H3,(H2,18,22);4H,3H2,1-2H3/b5-4-,11-3+;. The van der Waals surface area contributed by atoms with E-state index in [1.54, 1.807) is 12.4 Å². The highest BCUT2D eigenvalue weighted by Gasteiger charge is 2.19. The lowest BCUT2D eigenvalue weighted by Crippen LogP contribution is -2.13. The number of aromatic nitrogens is 5. The molecule has 0 aromatic carbocycles. The fourth-order valence-electron chi connectivity index (χ4n) is 2.40. The van der Waals surface area contributed by atoms with Crippen molar-refractivity contribution in [2.24, 2.45) is 5.73 Å². The molecule has 0 fully saturated rings. The van der Waals surface area contributed by atoms with Crippen molar-refractivity contribution in [1.82, 2.24) is 29.7 Å². The van der Waals surface area contributed by atoms with Crippen LogP contribution in [0.5, 0.6) is 0 Å². The van der Waals surface area contributed by atoms with E-state index < -0.39 is 0 Å². The van der Waals surface area contributed by atoms with Crippen molar-refractivity contribution in [3.8, 4) is 11.5 Å². The second-order valence-corrected chi connectivity index (χ2v) is 6.52. The molecular weight excluding hydrogens is 384 g/mol. The first-order chi connectivity index (χ1) is 14.4. The quantitative estimate of drug-likeness (QED) is 0.442. The van der Waals surface area contributed by atoms with Gasteiger partial charge < -0.3 is 21.2 Å². The van der Waals surface area contributed by atoms with Crippen LogP contribution in [0.2, 0.25) is 0 Å². The molecule has 3 heterocycles. The van der Waals surface area contributed by atoms with Crippen LogP contribution in [0.25, 0.3) is 28.2 Å². The Balaban J connectivity index is 0.000000469. The summed E-state index contributed by atoms with van der Waals surface area (Å²) in [6.45, 7) is 6.53. The van der Waals surface area contributed by atoms with Gasteiger partial charge >= 0.3 is 0 Å². The summed E-state index contributed by atoms with van der Waals surface area (Å²) in [7, 11) is 3.71. The molecule has 0 atom stereocenters. The number of pyridine rings is 1. The molecule has 30 heavy (non-hydrogen) atoms. The molecule has 0 saturated carbocycles. The van der Waals surface area contributed by atoms with Crippen LogP contribution >= 0.6 is 0 Å². The number of anilines is 1. The molecule has 0 aliphatic rings. The number of allylic oxidation sites excluding steroid dienone is 4. The van der Waals surface area contributed by atoms with Gasteiger partial charge in [-0.25, -0.2) is 9.61 Å². The smallest absolute Gasteiger partial charge is 0.199 e. The van der Waals surface area contributed by atoms with Crippen molar-refractivity contribution in [2.45, 2.75) is 13.3 Å². The van der Waals surface area contributed by atoms with Crippen LogP contribution in [0.15, 0.2) is 53.6 Å². The predicted molar refractivity (Wildman–Crippen MR) is 117 cm³/mol. The number of fused-ring (bicyclic) bond motifs is 1. The van der Waals surface area contributed by atoms with Crippen molar-refractivity contribution in [2.75, 3.05) is 26.4 Å². The molecule has 10 heteroatoms. The van der Waals surface area contributed by atoms with E-state index >= 15 is 0 Å². The van der Waals surface area contributed by atoms with E-state index in [-0.39, 0.29) is 5.82 Å². The Hall–Kier alpha value is -3.79. The number of likely N-dealkylation sites (N-methyl/N-ethyl adjacent to an activating group) is 1. The lowest BCUT2D eigenvalue weighted by molar-refractivity contribution is -0.108. The molecule has 0 saturated heterocycles. The molecule has 3 rings (SSSR count). The zero-order chi connectivity index (χ0) is 22.1.